The van der Waals surface area contributed by atoms with E-state index in [9.17, 15) is 13.2 Å². The molecule has 1 aromatic heterocycles. The Hall–Kier alpha value is -1.01. The Labute approximate surface area is 118 Å². The van der Waals surface area contributed by atoms with Crippen LogP contribution in [0.3, 0.4) is 0 Å². The summed E-state index contributed by atoms with van der Waals surface area (Å²) in [5, 5.41) is 3.34. The molecule has 0 fully saturated rings. The predicted octanol–water partition coefficient (Wildman–Crippen LogP) is 3.55. The van der Waals surface area contributed by atoms with E-state index in [1.54, 1.807) is 18.2 Å². The van der Waals surface area contributed by atoms with Crippen molar-refractivity contribution in [3.63, 3.8) is 0 Å². The minimum Gasteiger partial charge on any atom is -0.468 e. The fraction of sp³-hybridized carbons (Fsp3) is 0.714. The quantitative estimate of drug-likeness (QED) is 0.869. The first-order valence-electron chi connectivity index (χ1n) is 6.62. The first-order chi connectivity index (χ1) is 9.07. The lowest BCUT2D eigenvalue weighted by molar-refractivity contribution is -0.137. The molecule has 0 radical (unpaired) electrons. The normalized spacial score (nSPS) is 13.2. The van der Waals surface area contributed by atoms with Crippen LogP contribution >= 0.6 is 0 Å². The number of hydrogen-bond donors (Lipinski definition) is 1. The molecule has 20 heavy (non-hydrogen) atoms. The van der Waals surface area contributed by atoms with Crippen molar-refractivity contribution in [2.75, 3.05) is 13.6 Å². The molecule has 0 atom stereocenters. The molecule has 0 spiro atoms. The van der Waals surface area contributed by atoms with Gasteiger partial charge in [0.05, 0.1) is 19.2 Å². The van der Waals surface area contributed by atoms with E-state index in [1.165, 1.54) is 0 Å². The van der Waals surface area contributed by atoms with Crippen molar-refractivity contribution in [1.29, 1.82) is 0 Å². The van der Waals surface area contributed by atoms with Gasteiger partial charge in [0.1, 0.15) is 5.76 Å². The van der Waals surface area contributed by atoms with E-state index in [-0.39, 0.29) is 12.1 Å². The minimum atomic E-state index is -4.12. The molecule has 0 aliphatic carbocycles. The Balaban J connectivity index is 2.50. The molecule has 1 aromatic rings. The average molecular weight is 292 g/mol. The molecule has 1 rings (SSSR count). The summed E-state index contributed by atoms with van der Waals surface area (Å²) >= 11 is 0. The Kier molecular flexibility index (Phi) is 5.65. The fourth-order valence-corrected chi connectivity index (χ4v) is 1.67. The largest absolute Gasteiger partial charge is 0.468 e. The molecule has 0 saturated heterocycles. The highest BCUT2D eigenvalue weighted by molar-refractivity contribution is 5.17. The van der Waals surface area contributed by atoms with E-state index >= 15 is 0 Å². The number of nitrogens with zero attached hydrogens (tertiary/aromatic N) is 1. The van der Waals surface area contributed by atoms with Crippen LogP contribution in [-0.2, 0) is 13.1 Å². The molecule has 0 bridgehead atoms. The van der Waals surface area contributed by atoms with Crippen molar-refractivity contribution >= 4 is 0 Å². The SMILES string of the molecule is CN(CCC(F)(F)F)Cc1occc1CNC(C)(C)C. The zero-order chi connectivity index (χ0) is 15.4. The minimum absolute atomic E-state index is 0.0171. The van der Waals surface area contributed by atoms with E-state index in [2.05, 4.69) is 26.1 Å². The molecule has 6 heteroatoms. The van der Waals surface area contributed by atoms with Crippen LogP contribution in [0.15, 0.2) is 16.7 Å². The summed E-state index contributed by atoms with van der Waals surface area (Å²) in [6, 6.07) is 1.85. The standard InChI is InChI=1S/C14H23F3N2O/c1-13(2,3)18-9-11-5-8-20-12(11)10-19(4)7-6-14(15,16)17/h5,8,18H,6-7,9-10H2,1-4H3. The lowest BCUT2D eigenvalue weighted by atomic mass is 10.1. The Morgan fingerprint density at radius 3 is 2.45 bits per heavy atom. The zero-order valence-corrected chi connectivity index (χ0v) is 12.5. The number of alkyl halides is 3. The maximum Gasteiger partial charge on any atom is 0.390 e. The molecule has 1 N–H and O–H groups in total. The Morgan fingerprint density at radius 1 is 1.25 bits per heavy atom. The van der Waals surface area contributed by atoms with Crippen LogP contribution < -0.4 is 5.32 Å². The van der Waals surface area contributed by atoms with Crippen LogP contribution in [0.25, 0.3) is 0 Å². The summed E-state index contributed by atoms with van der Waals surface area (Å²) in [4.78, 5) is 1.62. The molecule has 0 saturated carbocycles. The fourth-order valence-electron chi connectivity index (χ4n) is 1.67. The van der Waals surface area contributed by atoms with Crippen molar-refractivity contribution in [2.45, 2.75) is 52.0 Å². The number of rotatable bonds is 6. The summed E-state index contributed by atoms with van der Waals surface area (Å²) in [5.41, 5.74) is 0.968. The summed E-state index contributed by atoms with van der Waals surface area (Å²) in [6.07, 6.45) is -3.35. The van der Waals surface area contributed by atoms with Crippen molar-refractivity contribution in [3.05, 3.63) is 23.7 Å². The molecule has 0 aliphatic rings. The molecular formula is C14H23F3N2O. The van der Waals surface area contributed by atoms with Crippen LogP contribution in [0.1, 0.15) is 38.5 Å². The molecular weight excluding hydrogens is 269 g/mol. The Bertz CT molecular complexity index is 407. The highest BCUT2D eigenvalue weighted by Gasteiger charge is 2.27. The van der Waals surface area contributed by atoms with Gasteiger partial charge in [-0.15, -0.1) is 0 Å². The van der Waals surface area contributed by atoms with Gasteiger partial charge in [-0.25, -0.2) is 0 Å². The summed E-state index contributed by atoms with van der Waals surface area (Å²) < 4.78 is 41.9. The van der Waals surface area contributed by atoms with E-state index in [4.69, 9.17) is 4.42 Å². The lowest BCUT2D eigenvalue weighted by Gasteiger charge is -2.21. The molecule has 3 nitrogen and oxygen atoms in total. The topological polar surface area (TPSA) is 28.4 Å². The van der Waals surface area contributed by atoms with Crippen molar-refractivity contribution in [1.82, 2.24) is 10.2 Å². The third kappa shape index (κ3) is 6.96. The summed E-state index contributed by atoms with van der Waals surface area (Å²) in [5.74, 6) is 0.714. The van der Waals surface area contributed by atoms with Gasteiger partial charge in [0.15, 0.2) is 0 Å². The number of halogens is 3. The van der Waals surface area contributed by atoms with Crippen LogP contribution in [0.2, 0.25) is 0 Å². The number of nitrogens with one attached hydrogen (secondary N) is 1. The molecule has 0 unspecified atom stereocenters. The monoisotopic (exact) mass is 292 g/mol. The highest BCUT2D eigenvalue weighted by Crippen LogP contribution is 2.20. The molecule has 0 amide bonds. The first-order valence-corrected chi connectivity index (χ1v) is 6.62. The summed E-state index contributed by atoms with van der Waals surface area (Å²) in [6.45, 7) is 7.16. The van der Waals surface area contributed by atoms with Gasteiger partial charge < -0.3 is 9.73 Å². The van der Waals surface area contributed by atoms with Gasteiger partial charge in [0.2, 0.25) is 0 Å². The molecule has 0 aromatic carbocycles. The van der Waals surface area contributed by atoms with Crippen molar-refractivity contribution in [2.24, 2.45) is 0 Å². The van der Waals surface area contributed by atoms with Crippen molar-refractivity contribution in [3.8, 4) is 0 Å². The molecule has 116 valence electrons. The third-order valence-corrected chi connectivity index (χ3v) is 2.84. The van der Waals surface area contributed by atoms with Gasteiger partial charge in [-0.1, -0.05) is 0 Å². The van der Waals surface area contributed by atoms with E-state index in [0.717, 1.165) is 5.56 Å². The van der Waals surface area contributed by atoms with Gasteiger partial charge in [0.25, 0.3) is 0 Å². The van der Waals surface area contributed by atoms with Crippen LogP contribution in [0, 0.1) is 0 Å². The average Bonchev–Trinajstić information content (AvgIpc) is 2.69. The summed E-state index contributed by atoms with van der Waals surface area (Å²) in [7, 11) is 1.66. The van der Waals surface area contributed by atoms with Gasteiger partial charge in [-0.2, -0.15) is 13.2 Å². The maximum atomic E-state index is 12.2. The van der Waals surface area contributed by atoms with Gasteiger partial charge >= 0.3 is 6.18 Å². The molecule has 1 heterocycles. The van der Waals surface area contributed by atoms with Gasteiger partial charge in [0, 0.05) is 24.2 Å². The smallest absolute Gasteiger partial charge is 0.390 e. The van der Waals surface area contributed by atoms with Gasteiger partial charge in [-0.05, 0) is 33.9 Å². The Morgan fingerprint density at radius 2 is 1.90 bits per heavy atom. The first kappa shape index (κ1) is 17.0. The zero-order valence-electron chi connectivity index (χ0n) is 12.5. The molecule has 0 aliphatic heterocycles. The maximum absolute atomic E-state index is 12.2. The van der Waals surface area contributed by atoms with Crippen LogP contribution in [0.4, 0.5) is 13.2 Å². The number of furan rings is 1. The van der Waals surface area contributed by atoms with Crippen LogP contribution in [-0.4, -0.2) is 30.2 Å². The van der Waals surface area contributed by atoms with Crippen LogP contribution in [0.5, 0.6) is 0 Å². The van der Waals surface area contributed by atoms with Gasteiger partial charge in [-0.3, -0.25) is 4.90 Å². The second-order valence-corrected chi connectivity index (χ2v) is 6.08. The third-order valence-electron chi connectivity index (χ3n) is 2.84. The highest BCUT2D eigenvalue weighted by atomic mass is 19.4. The van der Waals surface area contributed by atoms with Crippen molar-refractivity contribution < 1.29 is 17.6 Å². The number of hydrogen-bond acceptors (Lipinski definition) is 3. The second kappa shape index (κ2) is 6.63. The van der Waals surface area contributed by atoms with E-state index in [1.807, 2.05) is 6.07 Å². The van der Waals surface area contributed by atoms with E-state index in [0.29, 0.717) is 18.8 Å². The predicted molar refractivity (Wildman–Crippen MR) is 72.3 cm³/mol. The van der Waals surface area contributed by atoms with E-state index < -0.39 is 12.6 Å². The lowest BCUT2D eigenvalue weighted by Crippen LogP contribution is -2.35. The second-order valence-electron chi connectivity index (χ2n) is 6.08.